The maximum absolute atomic E-state index is 11.9. The van der Waals surface area contributed by atoms with E-state index in [0.717, 1.165) is 12.2 Å². The van der Waals surface area contributed by atoms with Crippen LogP contribution >= 0.6 is 0 Å². The van der Waals surface area contributed by atoms with Crippen molar-refractivity contribution in [3.8, 4) is 0 Å². The summed E-state index contributed by atoms with van der Waals surface area (Å²) in [6.07, 6.45) is 0.470. The fourth-order valence-electron chi connectivity index (χ4n) is 2.48. The highest BCUT2D eigenvalue weighted by atomic mass is 16.3. The molecule has 1 amide bonds. The highest BCUT2D eigenvalue weighted by Gasteiger charge is 2.29. The molecule has 1 atom stereocenters. The maximum atomic E-state index is 11.9. The molecule has 4 heteroatoms. The van der Waals surface area contributed by atoms with Crippen LogP contribution in [-0.2, 0) is 4.79 Å². The molecule has 2 rings (SSSR count). The lowest BCUT2D eigenvalue weighted by Crippen LogP contribution is -2.55. The van der Waals surface area contributed by atoms with Gasteiger partial charge in [0.25, 0.3) is 0 Å². The predicted molar refractivity (Wildman–Crippen MR) is 76.4 cm³/mol. The number of aliphatic hydroxyl groups is 1. The predicted octanol–water partition coefficient (Wildman–Crippen LogP) is 1.50. The summed E-state index contributed by atoms with van der Waals surface area (Å²) in [6.45, 7) is 5.80. The van der Waals surface area contributed by atoms with Gasteiger partial charge in [-0.3, -0.25) is 4.79 Å². The van der Waals surface area contributed by atoms with Gasteiger partial charge in [0.2, 0.25) is 5.91 Å². The number of piperazine rings is 1. The van der Waals surface area contributed by atoms with Crippen LogP contribution in [0.1, 0.15) is 31.7 Å². The molecule has 0 bridgehead atoms. The van der Waals surface area contributed by atoms with Gasteiger partial charge in [-0.1, -0.05) is 26.0 Å². The van der Waals surface area contributed by atoms with Gasteiger partial charge in [-0.15, -0.1) is 0 Å². The van der Waals surface area contributed by atoms with Crippen molar-refractivity contribution in [3.05, 3.63) is 29.8 Å². The molecule has 1 aliphatic heterocycles. The van der Waals surface area contributed by atoms with Crippen LogP contribution in [0.15, 0.2) is 24.3 Å². The maximum Gasteiger partial charge on any atom is 0.242 e. The van der Waals surface area contributed by atoms with Gasteiger partial charge in [0.1, 0.15) is 6.04 Å². The van der Waals surface area contributed by atoms with E-state index in [0.29, 0.717) is 18.9 Å². The Balaban J connectivity index is 2.20. The van der Waals surface area contributed by atoms with Gasteiger partial charge in [0, 0.05) is 25.4 Å². The molecule has 0 spiro atoms. The van der Waals surface area contributed by atoms with Gasteiger partial charge in [0.05, 0.1) is 0 Å². The average Bonchev–Trinajstić information content (AvgIpc) is 2.41. The molecule has 0 aromatic heterocycles. The minimum atomic E-state index is -0.261. The Morgan fingerprint density at radius 3 is 2.63 bits per heavy atom. The molecule has 19 heavy (non-hydrogen) atoms. The molecule has 1 fully saturated rings. The summed E-state index contributed by atoms with van der Waals surface area (Å²) in [6, 6.07) is 8.10. The first-order valence-electron chi connectivity index (χ1n) is 6.88. The smallest absolute Gasteiger partial charge is 0.242 e. The Bertz CT molecular complexity index is 428. The summed E-state index contributed by atoms with van der Waals surface area (Å²) in [4.78, 5) is 14.0. The van der Waals surface area contributed by atoms with Gasteiger partial charge >= 0.3 is 0 Å². The zero-order valence-electron chi connectivity index (χ0n) is 11.6. The van der Waals surface area contributed by atoms with Gasteiger partial charge in [-0.05, 0) is 30.0 Å². The van der Waals surface area contributed by atoms with Crippen molar-refractivity contribution in [3.63, 3.8) is 0 Å². The second-order valence-electron chi connectivity index (χ2n) is 5.26. The molecule has 2 N–H and O–H groups in total. The van der Waals surface area contributed by atoms with Crippen LogP contribution < -0.4 is 10.2 Å². The monoisotopic (exact) mass is 262 g/mol. The van der Waals surface area contributed by atoms with E-state index in [1.54, 1.807) is 0 Å². The van der Waals surface area contributed by atoms with Crippen molar-refractivity contribution in [2.75, 3.05) is 24.6 Å². The third kappa shape index (κ3) is 3.07. The van der Waals surface area contributed by atoms with E-state index < -0.39 is 0 Å². The Kier molecular flexibility index (Phi) is 4.43. The number of aliphatic hydroxyl groups excluding tert-OH is 1. The second kappa shape index (κ2) is 6.06. The number of carbonyl (C=O) groups excluding carboxylic acids is 1. The van der Waals surface area contributed by atoms with Crippen molar-refractivity contribution in [1.82, 2.24) is 5.32 Å². The molecule has 0 saturated carbocycles. The third-order valence-electron chi connectivity index (χ3n) is 3.62. The van der Waals surface area contributed by atoms with E-state index in [1.165, 1.54) is 5.56 Å². The molecule has 0 aliphatic carbocycles. The summed E-state index contributed by atoms with van der Waals surface area (Å²) in [7, 11) is 0. The second-order valence-corrected chi connectivity index (χ2v) is 5.26. The molecular weight excluding hydrogens is 240 g/mol. The number of rotatable bonds is 4. The molecule has 1 saturated heterocycles. The first kappa shape index (κ1) is 13.9. The lowest BCUT2D eigenvalue weighted by molar-refractivity contribution is -0.123. The number of hydrogen-bond acceptors (Lipinski definition) is 3. The van der Waals surface area contributed by atoms with E-state index in [9.17, 15) is 4.79 Å². The summed E-state index contributed by atoms with van der Waals surface area (Å²) in [5.74, 6) is 0.514. The van der Waals surface area contributed by atoms with Crippen molar-refractivity contribution in [1.29, 1.82) is 0 Å². The molecule has 4 nitrogen and oxygen atoms in total. The summed E-state index contributed by atoms with van der Waals surface area (Å²) >= 11 is 0. The average molecular weight is 262 g/mol. The quantitative estimate of drug-likeness (QED) is 0.864. The lowest BCUT2D eigenvalue weighted by atomic mass is 10.0. The van der Waals surface area contributed by atoms with Gasteiger partial charge in [-0.25, -0.2) is 0 Å². The van der Waals surface area contributed by atoms with E-state index in [1.807, 2.05) is 0 Å². The fraction of sp³-hybridized carbons (Fsp3) is 0.533. The molecule has 1 aromatic carbocycles. The summed E-state index contributed by atoms with van der Waals surface area (Å²) in [5, 5.41) is 12.0. The molecule has 104 valence electrons. The SMILES string of the molecule is CC(C)c1ccc(N2CCNC(=O)C2CCO)cc1. The van der Waals surface area contributed by atoms with Crippen LogP contribution in [0.3, 0.4) is 0 Å². The van der Waals surface area contributed by atoms with E-state index in [4.69, 9.17) is 5.11 Å². The highest BCUT2D eigenvalue weighted by Crippen LogP contribution is 2.23. The number of nitrogens with zero attached hydrogens (tertiary/aromatic N) is 1. The topological polar surface area (TPSA) is 52.6 Å². The largest absolute Gasteiger partial charge is 0.396 e. The number of carbonyl (C=O) groups is 1. The minimum Gasteiger partial charge on any atom is -0.396 e. The Labute approximate surface area is 114 Å². The Hall–Kier alpha value is -1.55. The van der Waals surface area contributed by atoms with Crippen LogP contribution in [0, 0.1) is 0 Å². The molecule has 1 aromatic rings. The van der Waals surface area contributed by atoms with Crippen LogP contribution in [0.2, 0.25) is 0 Å². The van der Waals surface area contributed by atoms with Crippen molar-refractivity contribution in [2.24, 2.45) is 0 Å². The van der Waals surface area contributed by atoms with E-state index in [-0.39, 0.29) is 18.6 Å². The van der Waals surface area contributed by atoms with Crippen molar-refractivity contribution >= 4 is 11.6 Å². The number of hydrogen-bond donors (Lipinski definition) is 2. The van der Waals surface area contributed by atoms with Crippen LogP contribution in [-0.4, -0.2) is 36.8 Å². The van der Waals surface area contributed by atoms with Gasteiger partial charge in [-0.2, -0.15) is 0 Å². The summed E-state index contributed by atoms with van der Waals surface area (Å²) < 4.78 is 0. The Morgan fingerprint density at radius 2 is 2.05 bits per heavy atom. The zero-order chi connectivity index (χ0) is 13.8. The third-order valence-corrected chi connectivity index (χ3v) is 3.62. The standard InChI is InChI=1S/C15H22N2O2/c1-11(2)12-3-5-13(6-4-12)17-9-8-16-15(19)14(17)7-10-18/h3-6,11,14,18H,7-10H2,1-2H3,(H,16,19). The number of benzene rings is 1. The van der Waals surface area contributed by atoms with E-state index >= 15 is 0 Å². The lowest BCUT2D eigenvalue weighted by Gasteiger charge is -2.36. The van der Waals surface area contributed by atoms with Crippen LogP contribution in [0.25, 0.3) is 0 Å². The molecule has 1 unspecified atom stereocenters. The van der Waals surface area contributed by atoms with Crippen molar-refractivity contribution < 1.29 is 9.90 Å². The van der Waals surface area contributed by atoms with Crippen LogP contribution in [0.5, 0.6) is 0 Å². The van der Waals surface area contributed by atoms with Gasteiger partial charge < -0.3 is 15.3 Å². The Morgan fingerprint density at radius 1 is 1.37 bits per heavy atom. The molecule has 1 heterocycles. The van der Waals surface area contributed by atoms with E-state index in [2.05, 4.69) is 48.3 Å². The first-order valence-corrected chi connectivity index (χ1v) is 6.88. The zero-order valence-corrected chi connectivity index (χ0v) is 11.6. The van der Waals surface area contributed by atoms with Crippen molar-refractivity contribution in [2.45, 2.75) is 32.2 Å². The van der Waals surface area contributed by atoms with Gasteiger partial charge in [0.15, 0.2) is 0 Å². The number of anilines is 1. The minimum absolute atomic E-state index is 0.00763. The molecule has 0 radical (unpaired) electrons. The first-order chi connectivity index (χ1) is 9.13. The normalized spacial score (nSPS) is 19.7. The number of nitrogens with one attached hydrogen (secondary N) is 1. The fourth-order valence-corrected chi connectivity index (χ4v) is 2.48. The highest BCUT2D eigenvalue weighted by molar-refractivity contribution is 5.86. The number of amides is 1. The molecular formula is C15H22N2O2. The summed E-state index contributed by atoms with van der Waals surface area (Å²) in [5.41, 5.74) is 2.35. The molecule has 1 aliphatic rings. The van der Waals surface area contributed by atoms with Crippen LogP contribution in [0.4, 0.5) is 5.69 Å².